The molecule has 1 aromatic rings. The van der Waals surface area contributed by atoms with Crippen LogP contribution < -0.4 is 16.4 Å². The topological polar surface area (TPSA) is 99.7 Å². The van der Waals surface area contributed by atoms with E-state index < -0.39 is 0 Å². The molecule has 0 unspecified atom stereocenters. The van der Waals surface area contributed by atoms with E-state index in [4.69, 9.17) is 11.1 Å². The minimum atomic E-state index is 0.365. The summed E-state index contributed by atoms with van der Waals surface area (Å²) < 4.78 is 0. The highest BCUT2D eigenvalue weighted by Gasteiger charge is 2.17. The molecule has 0 spiro atoms. The minimum Gasteiger partial charge on any atom is -0.383 e. The van der Waals surface area contributed by atoms with E-state index >= 15 is 0 Å². The predicted octanol–water partition coefficient (Wildman–Crippen LogP) is 1.64. The van der Waals surface area contributed by atoms with Crippen LogP contribution in [0.1, 0.15) is 39.2 Å². The van der Waals surface area contributed by atoms with Crippen molar-refractivity contribution >= 4 is 17.3 Å². The SMILES string of the molecule is CC.CC(=N)c1c(N)ncnc1NC1CCNCC1. The Labute approximate surface area is 114 Å². The summed E-state index contributed by atoms with van der Waals surface area (Å²) in [7, 11) is 0. The van der Waals surface area contributed by atoms with Gasteiger partial charge in [-0.2, -0.15) is 0 Å². The van der Waals surface area contributed by atoms with Gasteiger partial charge in [0, 0.05) is 11.8 Å². The van der Waals surface area contributed by atoms with Crippen LogP contribution in [0.15, 0.2) is 6.33 Å². The quantitative estimate of drug-likeness (QED) is 0.622. The van der Waals surface area contributed by atoms with Gasteiger partial charge in [0.05, 0.1) is 5.56 Å². The first-order chi connectivity index (χ1) is 9.18. The molecule has 1 aliphatic heterocycles. The van der Waals surface area contributed by atoms with Crippen molar-refractivity contribution in [2.45, 2.75) is 39.7 Å². The Morgan fingerprint density at radius 3 is 2.58 bits per heavy atom. The number of nitrogens with one attached hydrogen (secondary N) is 3. The Morgan fingerprint density at radius 1 is 1.37 bits per heavy atom. The van der Waals surface area contributed by atoms with Gasteiger partial charge in [0.2, 0.25) is 0 Å². The van der Waals surface area contributed by atoms with Crippen molar-refractivity contribution in [3.8, 4) is 0 Å². The highest BCUT2D eigenvalue weighted by molar-refractivity contribution is 6.04. The van der Waals surface area contributed by atoms with Crippen LogP contribution in [-0.4, -0.2) is 34.8 Å². The van der Waals surface area contributed by atoms with Crippen molar-refractivity contribution in [2.75, 3.05) is 24.1 Å². The normalized spacial score (nSPS) is 15.3. The van der Waals surface area contributed by atoms with Crippen LogP contribution >= 0.6 is 0 Å². The van der Waals surface area contributed by atoms with Crippen LogP contribution in [0.25, 0.3) is 0 Å². The lowest BCUT2D eigenvalue weighted by atomic mass is 10.1. The molecule has 2 heterocycles. The first-order valence-electron chi connectivity index (χ1n) is 6.81. The van der Waals surface area contributed by atoms with Crippen molar-refractivity contribution in [3.63, 3.8) is 0 Å². The summed E-state index contributed by atoms with van der Waals surface area (Å²) in [4.78, 5) is 8.12. The van der Waals surface area contributed by atoms with Gasteiger partial charge in [0.1, 0.15) is 18.0 Å². The van der Waals surface area contributed by atoms with E-state index in [1.165, 1.54) is 6.33 Å². The van der Waals surface area contributed by atoms with Gasteiger partial charge in [-0.15, -0.1) is 0 Å². The van der Waals surface area contributed by atoms with E-state index in [1.54, 1.807) is 6.92 Å². The van der Waals surface area contributed by atoms with E-state index in [9.17, 15) is 0 Å². The summed E-state index contributed by atoms with van der Waals surface area (Å²) in [5, 5.41) is 14.4. The van der Waals surface area contributed by atoms with Crippen LogP contribution in [0.3, 0.4) is 0 Å². The van der Waals surface area contributed by atoms with Gasteiger partial charge in [0.25, 0.3) is 0 Å². The maximum absolute atomic E-state index is 7.72. The van der Waals surface area contributed by atoms with Crippen molar-refractivity contribution in [1.29, 1.82) is 5.41 Å². The van der Waals surface area contributed by atoms with E-state index in [2.05, 4.69) is 20.6 Å². The molecule has 1 saturated heterocycles. The molecule has 6 heteroatoms. The van der Waals surface area contributed by atoms with Crippen LogP contribution in [0, 0.1) is 5.41 Å². The predicted molar refractivity (Wildman–Crippen MR) is 79.8 cm³/mol. The number of nitrogens with zero attached hydrogens (tertiary/aromatic N) is 2. The molecule has 2 rings (SSSR count). The second kappa shape index (κ2) is 7.68. The minimum absolute atomic E-state index is 0.365. The van der Waals surface area contributed by atoms with Crippen LogP contribution in [0.4, 0.5) is 11.6 Å². The number of nitrogen functional groups attached to an aromatic ring is 1. The third kappa shape index (κ3) is 4.17. The molecule has 0 aliphatic carbocycles. The van der Waals surface area contributed by atoms with Crippen molar-refractivity contribution in [1.82, 2.24) is 15.3 Å². The molecule has 1 fully saturated rings. The molecule has 1 aromatic heterocycles. The molecule has 106 valence electrons. The highest BCUT2D eigenvalue weighted by atomic mass is 15.1. The number of hydrogen-bond acceptors (Lipinski definition) is 6. The second-order valence-corrected chi connectivity index (χ2v) is 4.28. The fourth-order valence-corrected chi connectivity index (χ4v) is 2.04. The number of aromatic nitrogens is 2. The molecule has 19 heavy (non-hydrogen) atoms. The molecular formula is C13H24N6. The molecule has 6 nitrogen and oxygen atoms in total. The standard InChI is InChI=1S/C11H18N6.C2H6/c1-7(12)9-10(13)15-6-16-11(9)17-8-2-4-14-5-3-8;1-2/h6,8,12,14H,2-5H2,1H3,(H3,13,15,16,17);1-2H3. The summed E-state index contributed by atoms with van der Waals surface area (Å²) in [5.74, 6) is 1.04. The summed E-state index contributed by atoms with van der Waals surface area (Å²) in [5.41, 5.74) is 6.79. The number of rotatable bonds is 3. The molecule has 0 aromatic carbocycles. The Bertz CT molecular complexity index is 412. The second-order valence-electron chi connectivity index (χ2n) is 4.28. The number of hydrogen-bond donors (Lipinski definition) is 4. The van der Waals surface area contributed by atoms with Crippen LogP contribution in [0.2, 0.25) is 0 Å². The molecular weight excluding hydrogens is 240 g/mol. The summed E-state index contributed by atoms with van der Waals surface area (Å²) >= 11 is 0. The molecule has 0 amide bonds. The lowest BCUT2D eigenvalue weighted by molar-refractivity contribution is 0.478. The zero-order valence-corrected chi connectivity index (χ0v) is 12.0. The molecule has 0 atom stereocenters. The fraction of sp³-hybridized carbons (Fsp3) is 0.615. The number of anilines is 2. The molecule has 5 N–H and O–H groups in total. The Hall–Kier alpha value is -1.69. The van der Waals surface area contributed by atoms with E-state index in [0.29, 0.717) is 29.0 Å². The largest absolute Gasteiger partial charge is 0.383 e. The van der Waals surface area contributed by atoms with Gasteiger partial charge in [-0.25, -0.2) is 9.97 Å². The molecule has 1 aliphatic rings. The van der Waals surface area contributed by atoms with Gasteiger partial charge in [0.15, 0.2) is 0 Å². The number of nitrogens with two attached hydrogens (primary N) is 1. The summed E-state index contributed by atoms with van der Waals surface area (Å²) in [6.07, 6.45) is 3.55. The fourth-order valence-electron chi connectivity index (χ4n) is 2.04. The first-order valence-corrected chi connectivity index (χ1v) is 6.81. The Morgan fingerprint density at radius 2 is 2.00 bits per heavy atom. The Balaban J connectivity index is 0.000000861. The lowest BCUT2D eigenvalue weighted by Gasteiger charge is -2.25. The van der Waals surface area contributed by atoms with E-state index in [1.807, 2.05) is 13.8 Å². The maximum Gasteiger partial charge on any atom is 0.140 e. The molecule has 0 radical (unpaired) electrons. The van der Waals surface area contributed by atoms with Gasteiger partial charge < -0.3 is 21.8 Å². The van der Waals surface area contributed by atoms with Crippen molar-refractivity contribution in [2.24, 2.45) is 0 Å². The van der Waals surface area contributed by atoms with Crippen LogP contribution in [-0.2, 0) is 0 Å². The lowest BCUT2D eigenvalue weighted by Crippen LogP contribution is -2.36. The molecule has 0 saturated carbocycles. The number of piperidine rings is 1. The third-order valence-corrected chi connectivity index (χ3v) is 2.93. The molecule has 0 bridgehead atoms. The van der Waals surface area contributed by atoms with Gasteiger partial charge in [-0.05, 0) is 32.9 Å². The average molecular weight is 264 g/mol. The van der Waals surface area contributed by atoms with Gasteiger partial charge in [-0.3, -0.25) is 0 Å². The van der Waals surface area contributed by atoms with Crippen molar-refractivity contribution < 1.29 is 0 Å². The maximum atomic E-state index is 7.72. The monoisotopic (exact) mass is 264 g/mol. The zero-order valence-electron chi connectivity index (χ0n) is 12.0. The van der Waals surface area contributed by atoms with Gasteiger partial charge >= 0.3 is 0 Å². The average Bonchev–Trinajstić information content (AvgIpc) is 2.42. The first kappa shape index (κ1) is 15.4. The highest BCUT2D eigenvalue weighted by Crippen LogP contribution is 2.20. The smallest absolute Gasteiger partial charge is 0.140 e. The zero-order chi connectivity index (χ0) is 14.3. The third-order valence-electron chi connectivity index (χ3n) is 2.93. The van der Waals surface area contributed by atoms with Gasteiger partial charge in [-0.1, -0.05) is 13.8 Å². The van der Waals surface area contributed by atoms with E-state index in [-0.39, 0.29) is 0 Å². The Kier molecular flexibility index (Phi) is 6.21. The van der Waals surface area contributed by atoms with Crippen LogP contribution in [0.5, 0.6) is 0 Å². The summed E-state index contributed by atoms with van der Waals surface area (Å²) in [6.45, 7) is 7.72. The van der Waals surface area contributed by atoms with Crippen molar-refractivity contribution in [3.05, 3.63) is 11.9 Å². The summed E-state index contributed by atoms with van der Waals surface area (Å²) in [6, 6.07) is 0.392. The van der Waals surface area contributed by atoms with E-state index in [0.717, 1.165) is 25.9 Å².